The van der Waals surface area contributed by atoms with E-state index in [1.165, 1.54) is 18.2 Å². The van der Waals surface area contributed by atoms with Gasteiger partial charge < -0.3 is 0 Å². The van der Waals surface area contributed by atoms with Crippen molar-refractivity contribution in [1.82, 2.24) is 19.8 Å². The molecule has 2 heterocycles. The van der Waals surface area contributed by atoms with E-state index in [0.717, 1.165) is 28.4 Å². The van der Waals surface area contributed by atoms with Crippen molar-refractivity contribution in [2.45, 2.75) is 16.3 Å². The Morgan fingerprint density at radius 3 is 2.52 bits per heavy atom. The lowest BCUT2D eigenvalue weighted by Gasteiger charge is -2.03. The Bertz CT molecular complexity index is 805. The second kappa shape index (κ2) is 5.32. The van der Waals surface area contributed by atoms with Crippen LogP contribution in [0.2, 0.25) is 0 Å². The molecule has 0 unspecified atom stereocenters. The first kappa shape index (κ1) is 13.8. The molecule has 0 spiro atoms. The Balaban J connectivity index is 1.96. The summed E-state index contributed by atoms with van der Waals surface area (Å²) in [6.07, 6.45) is -2.81. The molecule has 0 saturated carbocycles. The molecule has 0 saturated heterocycles. The van der Waals surface area contributed by atoms with Crippen LogP contribution in [-0.4, -0.2) is 19.8 Å². The van der Waals surface area contributed by atoms with Crippen LogP contribution in [0.5, 0.6) is 0 Å². The number of benzene rings is 1. The predicted molar refractivity (Wildman–Crippen MR) is 66.2 cm³/mol. The molecule has 3 rings (SSSR count). The summed E-state index contributed by atoms with van der Waals surface area (Å²) in [6, 6.07) is 6.36. The molecule has 2 aromatic heterocycles. The van der Waals surface area contributed by atoms with Crippen molar-refractivity contribution in [2.24, 2.45) is 0 Å². The first-order valence-electron chi connectivity index (χ1n) is 5.68. The van der Waals surface area contributed by atoms with Gasteiger partial charge in [0.25, 0.3) is 6.43 Å². The van der Waals surface area contributed by atoms with Crippen molar-refractivity contribution in [3.63, 3.8) is 0 Å². The molecule has 0 aliphatic rings. The fraction of sp³-hybridized carbons (Fsp3) is 0.0833. The quantitative estimate of drug-likeness (QED) is 0.694. The lowest BCUT2D eigenvalue weighted by atomic mass is 10.3. The molecule has 0 radical (unpaired) electrons. The summed E-state index contributed by atoms with van der Waals surface area (Å²) in [5.74, 6) is -2.52. The zero-order valence-electron chi connectivity index (χ0n) is 10.2. The van der Waals surface area contributed by atoms with Crippen molar-refractivity contribution < 1.29 is 17.6 Å². The van der Waals surface area contributed by atoms with E-state index in [4.69, 9.17) is 0 Å². The monoisotopic (exact) mass is 314 g/mol. The average molecular weight is 314 g/mol. The van der Waals surface area contributed by atoms with Crippen LogP contribution >= 0.6 is 11.8 Å². The first-order valence-corrected chi connectivity index (χ1v) is 6.49. The highest BCUT2D eigenvalue weighted by Gasteiger charge is 2.17. The summed E-state index contributed by atoms with van der Waals surface area (Å²) in [5.41, 5.74) is 0.180. The number of rotatable bonds is 3. The van der Waals surface area contributed by atoms with Crippen molar-refractivity contribution in [3.8, 4) is 0 Å². The van der Waals surface area contributed by atoms with Gasteiger partial charge in [0, 0.05) is 4.90 Å². The Morgan fingerprint density at radius 2 is 1.81 bits per heavy atom. The third-order valence-electron chi connectivity index (χ3n) is 2.57. The van der Waals surface area contributed by atoms with Crippen molar-refractivity contribution in [1.29, 1.82) is 0 Å². The third-order valence-corrected chi connectivity index (χ3v) is 3.49. The Hall–Kier alpha value is -2.16. The predicted octanol–water partition coefficient (Wildman–Crippen LogP) is 3.49. The Morgan fingerprint density at radius 1 is 1.00 bits per heavy atom. The van der Waals surface area contributed by atoms with Gasteiger partial charge in [-0.1, -0.05) is 11.8 Å². The molecule has 0 aliphatic carbocycles. The Labute approximate surface area is 119 Å². The number of fused-ring (bicyclic) bond motifs is 1. The van der Waals surface area contributed by atoms with Crippen LogP contribution in [0.25, 0.3) is 5.65 Å². The highest BCUT2D eigenvalue weighted by Crippen LogP contribution is 2.27. The van der Waals surface area contributed by atoms with Crippen LogP contribution in [-0.2, 0) is 0 Å². The second-order valence-electron chi connectivity index (χ2n) is 3.98. The minimum Gasteiger partial charge on any atom is -0.204 e. The molecule has 9 heteroatoms. The van der Waals surface area contributed by atoms with Gasteiger partial charge in [-0.3, -0.25) is 0 Å². The van der Waals surface area contributed by atoms with Crippen LogP contribution in [0.1, 0.15) is 12.2 Å². The summed E-state index contributed by atoms with van der Waals surface area (Å²) in [6.45, 7) is 0. The van der Waals surface area contributed by atoms with Gasteiger partial charge in [-0.2, -0.15) is 9.61 Å². The van der Waals surface area contributed by atoms with Crippen LogP contribution in [0.3, 0.4) is 0 Å². The number of halogens is 4. The summed E-state index contributed by atoms with van der Waals surface area (Å²) in [7, 11) is 0. The summed E-state index contributed by atoms with van der Waals surface area (Å²) >= 11 is 1.01. The summed E-state index contributed by atoms with van der Waals surface area (Å²) in [5, 5.41) is 11.2. The molecule has 0 N–H and O–H groups in total. The van der Waals surface area contributed by atoms with E-state index in [9.17, 15) is 17.6 Å². The number of aromatic nitrogens is 4. The fourth-order valence-corrected chi connectivity index (χ4v) is 2.44. The molecular formula is C12H6F4N4S. The van der Waals surface area contributed by atoms with Gasteiger partial charge in [0.2, 0.25) is 5.82 Å². The van der Waals surface area contributed by atoms with Crippen molar-refractivity contribution in [2.75, 3.05) is 0 Å². The van der Waals surface area contributed by atoms with Crippen LogP contribution in [0, 0.1) is 11.6 Å². The minimum atomic E-state index is -2.81. The summed E-state index contributed by atoms with van der Waals surface area (Å²) in [4.78, 5) is 0.396. The third kappa shape index (κ3) is 2.68. The number of hydrogen-bond donors (Lipinski definition) is 0. The highest BCUT2D eigenvalue weighted by atomic mass is 32.2. The van der Waals surface area contributed by atoms with Crippen LogP contribution in [0.15, 0.2) is 40.3 Å². The lowest BCUT2D eigenvalue weighted by molar-refractivity contribution is 0.137. The van der Waals surface area contributed by atoms with E-state index in [0.29, 0.717) is 9.92 Å². The average Bonchev–Trinajstić information content (AvgIpc) is 2.86. The molecular weight excluding hydrogens is 308 g/mol. The van der Waals surface area contributed by atoms with Gasteiger partial charge in [-0.05, 0) is 30.3 Å². The molecule has 0 amide bonds. The number of nitrogens with zero attached hydrogens (tertiary/aromatic N) is 4. The maximum Gasteiger partial charge on any atom is 0.299 e. The van der Waals surface area contributed by atoms with E-state index in [-0.39, 0.29) is 5.65 Å². The molecule has 108 valence electrons. The molecule has 0 atom stereocenters. The fourth-order valence-electron chi connectivity index (χ4n) is 1.64. The zero-order valence-corrected chi connectivity index (χ0v) is 11.0. The van der Waals surface area contributed by atoms with Gasteiger partial charge >= 0.3 is 0 Å². The maximum atomic E-state index is 13.1. The number of hydrogen-bond acceptors (Lipinski definition) is 4. The molecule has 21 heavy (non-hydrogen) atoms. The molecule has 0 aliphatic heterocycles. The van der Waals surface area contributed by atoms with E-state index in [1.807, 2.05) is 0 Å². The van der Waals surface area contributed by atoms with Gasteiger partial charge in [0.15, 0.2) is 17.3 Å². The molecule has 0 fully saturated rings. The van der Waals surface area contributed by atoms with E-state index < -0.39 is 23.9 Å². The van der Waals surface area contributed by atoms with E-state index in [2.05, 4.69) is 15.3 Å². The molecule has 3 aromatic rings. The SMILES string of the molecule is Fc1ccc(Sc2ccc3nnc(C(F)F)n3n2)cc1F. The largest absolute Gasteiger partial charge is 0.299 e. The number of alkyl halides is 2. The topological polar surface area (TPSA) is 43.1 Å². The smallest absolute Gasteiger partial charge is 0.204 e. The van der Waals surface area contributed by atoms with Gasteiger partial charge in [0.05, 0.1) is 0 Å². The molecule has 1 aromatic carbocycles. The van der Waals surface area contributed by atoms with Gasteiger partial charge in [-0.15, -0.1) is 10.2 Å². The summed E-state index contributed by atoms with van der Waals surface area (Å²) < 4.78 is 52.3. The molecule has 4 nitrogen and oxygen atoms in total. The first-order chi connectivity index (χ1) is 10.0. The van der Waals surface area contributed by atoms with Crippen molar-refractivity contribution in [3.05, 3.63) is 47.8 Å². The van der Waals surface area contributed by atoms with E-state index in [1.54, 1.807) is 0 Å². The lowest BCUT2D eigenvalue weighted by Crippen LogP contribution is -2.00. The second-order valence-corrected chi connectivity index (χ2v) is 5.07. The normalized spacial score (nSPS) is 11.5. The van der Waals surface area contributed by atoms with Gasteiger partial charge in [-0.25, -0.2) is 17.6 Å². The van der Waals surface area contributed by atoms with Crippen molar-refractivity contribution >= 4 is 17.4 Å². The zero-order chi connectivity index (χ0) is 15.0. The minimum absolute atomic E-state index is 0.180. The van der Waals surface area contributed by atoms with Gasteiger partial charge in [0.1, 0.15) is 5.03 Å². The standard InChI is InChI=1S/C12H6F4N4S/c13-7-2-1-6(5-8(7)14)21-10-4-3-9-17-18-12(11(15)16)20(9)19-10/h1-5,11H. The Kier molecular flexibility index (Phi) is 3.50. The maximum absolute atomic E-state index is 13.1. The molecule has 0 bridgehead atoms. The van der Waals surface area contributed by atoms with Crippen LogP contribution in [0.4, 0.5) is 17.6 Å². The van der Waals surface area contributed by atoms with Crippen LogP contribution < -0.4 is 0 Å². The van der Waals surface area contributed by atoms with E-state index >= 15 is 0 Å². The highest BCUT2D eigenvalue weighted by molar-refractivity contribution is 7.99.